The van der Waals surface area contributed by atoms with Crippen molar-refractivity contribution >= 4 is 17.6 Å². The lowest BCUT2D eigenvalue weighted by molar-refractivity contribution is -0.139. The molecule has 5 heteroatoms. The number of carboxylic acid groups (broad SMARTS) is 1. The van der Waals surface area contributed by atoms with Crippen LogP contribution in [0.4, 0.5) is 5.69 Å². The Kier molecular flexibility index (Phi) is 5.36. The molecule has 0 unspecified atom stereocenters. The number of carbonyl (C=O) groups excluding carboxylic acids is 1. The molecule has 0 saturated heterocycles. The summed E-state index contributed by atoms with van der Waals surface area (Å²) in [6, 6.07) is 6.76. The first-order chi connectivity index (χ1) is 8.90. The molecule has 0 aliphatic carbocycles. The molecule has 1 aromatic carbocycles. The third-order valence-corrected chi connectivity index (χ3v) is 2.54. The van der Waals surface area contributed by atoms with Gasteiger partial charge in [0.05, 0.1) is 0 Å². The Morgan fingerprint density at radius 3 is 2.32 bits per heavy atom. The van der Waals surface area contributed by atoms with Gasteiger partial charge in [0.25, 0.3) is 0 Å². The smallest absolute Gasteiger partial charge is 0.341 e. The minimum Gasteiger partial charge on any atom is -0.482 e. The second kappa shape index (κ2) is 6.78. The summed E-state index contributed by atoms with van der Waals surface area (Å²) in [6.07, 6.45) is 0.494. The van der Waals surface area contributed by atoms with Crippen LogP contribution in [0.25, 0.3) is 0 Å². The molecule has 0 aromatic heterocycles. The van der Waals surface area contributed by atoms with E-state index < -0.39 is 5.97 Å². The zero-order chi connectivity index (χ0) is 14.4. The average Bonchev–Trinajstić information content (AvgIpc) is 2.35. The van der Waals surface area contributed by atoms with E-state index >= 15 is 0 Å². The number of rotatable bonds is 6. The number of nitrogens with zero attached hydrogens (tertiary/aromatic N) is 1. The lowest BCUT2D eigenvalue weighted by Gasteiger charge is -2.18. The van der Waals surface area contributed by atoms with Crippen molar-refractivity contribution in [2.75, 3.05) is 18.6 Å². The molecule has 0 heterocycles. The fourth-order valence-corrected chi connectivity index (χ4v) is 1.54. The number of carbonyl (C=O) groups is 2. The summed E-state index contributed by atoms with van der Waals surface area (Å²) in [5.41, 5.74) is 0.758. The third-order valence-electron chi connectivity index (χ3n) is 2.54. The van der Waals surface area contributed by atoms with Crippen molar-refractivity contribution in [2.45, 2.75) is 20.3 Å². The largest absolute Gasteiger partial charge is 0.482 e. The van der Waals surface area contributed by atoms with Crippen LogP contribution in [0.1, 0.15) is 20.3 Å². The number of ether oxygens (including phenoxy) is 1. The van der Waals surface area contributed by atoms with E-state index in [1.54, 1.807) is 36.2 Å². The fourth-order valence-electron chi connectivity index (χ4n) is 1.54. The first kappa shape index (κ1) is 15.0. The van der Waals surface area contributed by atoms with E-state index in [1.807, 2.05) is 13.8 Å². The molecule has 1 N–H and O–H groups in total. The standard InChI is InChI=1S/C14H19NO4/c1-10(2)8-13(16)15(3)11-4-6-12(7-5-11)19-9-14(17)18/h4-7,10H,8-9H2,1-3H3,(H,17,18). The van der Waals surface area contributed by atoms with Gasteiger partial charge < -0.3 is 14.7 Å². The van der Waals surface area contributed by atoms with Crippen molar-refractivity contribution < 1.29 is 19.4 Å². The molecule has 0 saturated carbocycles. The van der Waals surface area contributed by atoms with E-state index in [2.05, 4.69) is 0 Å². The zero-order valence-electron chi connectivity index (χ0n) is 11.4. The van der Waals surface area contributed by atoms with Gasteiger partial charge in [-0.15, -0.1) is 0 Å². The average molecular weight is 265 g/mol. The Morgan fingerprint density at radius 1 is 1.26 bits per heavy atom. The van der Waals surface area contributed by atoms with Crippen LogP contribution in [-0.4, -0.2) is 30.6 Å². The van der Waals surface area contributed by atoms with Crippen molar-refractivity contribution in [1.29, 1.82) is 0 Å². The highest BCUT2D eigenvalue weighted by atomic mass is 16.5. The third kappa shape index (κ3) is 4.99. The van der Waals surface area contributed by atoms with Crippen molar-refractivity contribution in [3.8, 4) is 5.75 Å². The van der Waals surface area contributed by atoms with Crippen LogP contribution in [0, 0.1) is 5.92 Å². The van der Waals surface area contributed by atoms with Crippen LogP contribution in [0.15, 0.2) is 24.3 Å². The summed E-state index contributed by atoms with van der Waals surface area (Å²) in [7, 11) is 1.72. The highest BCUT2D eigenvalue weighted by Gasteiger charge is 2.12. The lowest BCUT2D eigenvalue weighted by Crippen LogP contribution is -2.27. The number of hydrogen-bond acceptors (Lipinski definition) is 3. The summed E-state index contributed by atoms with van der Waals surface area (Å²) < 4.78 is 5.02. The first-order valence-electron chi connectivity index (χ1n) is 6.11. The SMILES string of the molecule is CC(C)CC(=O)N(C)c1ccc(OCC(=O)O)cc1. The van der Waals surface area contributed by atoms with Crippen LogP contribution >= 0.6 is 0 Å². The van der Waals surface area contributed by atoms with Gasteiger partial charge in [-0.3, -0.25) is 4.79 Å². The maximum atomic E-state index is 11.9. The normalized spacial score (nSPS) is 10.3. The molecule has 0 bridgehead atoms. The number of carboxylic acids is 1. The number of hydrogen-bond donors (Lipinski definition) is 1. The monoisotopic (exact) mass is 265 g/mol. The summed E-state index contributed by atoms with van der Waals surface area (Å²) in [6.45, 7) is 3.62. The second-order valence-electron chi connectivity index (χ2n) is 4.73. The van der Waals surface area contributed by atoms with Crippen LogP contribution in [0.3, 0.4) is 0 Å². The van der Waals surface area contributed by atoms with Gasteiger partial charge in [0.1, 0.15) is 5.75 Å². The van der Waals surface area contributed by atoms with Gasteiger partial charge in [0, 0.05) is 19.2 Å². The van der Waals surface area contributed by atoms with Crippen LogP contribution in [0.2, 0.25) is 0 Å². The van der Waals surface area contributed by atoms with Crippen molar-refractivity contribution in [3.63, 3.8) is 0 Å². The Labute approximate surface area is 112 Å². The summed E-state index contributed by atoms with van der Waals surface area (Å²) in [4.78, 5) is 23.8. The second-order valence-corrected chi connectivity index (χ2v) is 4.73. The van der Waals surface area contributed by atoms with E-state index in [0.717, 1.165) is 5.69 Å². The Balaban J connectivity index is 2.64. The maximum absolute atomic E-state index is 11.9. The van der Waals surface area contributed by atoms with Gasteiger partial charge in [-0.1, -0.05) is 13.8 Å². The molecule has 1 amide bonds. The number of benzene rings is 1. The predicted octanol–water partition coefficient (Wildman–Crippen LogP) is 2.16. The minimum absolute atomic E-state index is 0.0502. The zero-order valence-corrected chi connectivity index (χ0v) is 11.4. The molecule has 19 heavy (non-hydrogen) atoms. The first-order valence-corrected chi connectivity index (χ1v) is 6.11. The van der Waals surface area contributed by atoms with Gasteiger partial charge in [-0.25, -0.2) is 4.79 Å². The van der Waals surface area contributed by atoms with Gasteiger partial charge in [-0.2, -0.15) is 0 Å². The van der Waals surface area contributed by atoms with Gasteiger partial charge in [-0.05, 0) is 30.2 Å². The maximum Gasteiger partial charge on any atom is 0.341 e. The molecule has 0 atom stereocenters. The summed E-state index contributed by atoms with van der Waals surface area (Å²) >= 11 is 0. The van der Waals surface area contributed by atoms with Gasteiger partial charge >= 0.3 is 5.97 Å². The summed E-state index contributed by atoms with van der Waals surface area (Å²) in [5, 5.41) is 8.50. The van der Waals surface area contributed by atoms with Crippen molar-refractivity contribution in [2.24, 2.45) is 5.92 Å². The molecule has 0 fully saturated rings. The molecule has 0 spiro atoms. The topological polar surface area (TPSA) is 66.8 Å². The molecule has 104 valence electrons. The van der Waals surface area contributed by atoms with Gasteiger partial charge in [0.2, 0.25) is 5.91 Å². The van der Waals surface area contributed by atoms with Crippen molar-refractivity contribution in [1.82, 2.24) is 0 Å². The van der Waals surface area contributed by atoms with E-state index in [0.29, 0.717) is 18.1 Å². The lowest BCUT2D eigenvalue weighted by atomic mass is 10.1. The molecule has 1 rings (SSSR count). The number of aliphatic carboxylic acids is 1. The molecule has 0 radical (unpaired) electrons. The van der Waals surface area contributed by atoms with E-state index in [-0.39, 0.29) is 12.5 Å². The minimum atomic E-state index is -1.02. The summed E-state index contributed by atoms with van der Waals surface area (Å²) in [5.74, 6) is -0.188. The van der Waals surface area contributed by atoms with E-state index in [9.17, 15) is 9.59 Å². The highest BCUT2D eigenvalue weighted by Crippen LogP contribution is 2.19. The molecular formula is C14H19NO4. The van der Waals surface area contributed by atoms with Crippen molar-refractivity contribution in [3.05, 3.63) is 24.3 Å². The highest BCUT2D eigenvalue weighted by molar-refractivity contribution is 5.92. The van der Waals surface area contributed by atoms with Crippen LogP contribution in [-0.2, 0) is 9.59 Å². The molecule has 0 aliphatic rings. The molecule has 1 aromatic rings. The van der Waals surface area contributed by atoms with Crippen LogP contribution < -0.4 is 9.64 Å². The van der Waals surface area contributed by atoms with E-state index in [4.69, 9.17) is 9.84 Å². The van der Waals surface area contributed by atoms with Gasteiger partial charge in [0.15, 0.2) is 6.61 Å². The molecule has 0 aliphatic heterocycles. The number of anilines is 1. The number of amides is 1. The Morgan fingerprint density at radius 2 is 1.84 bits per heavy atom. The quantitative estimate of drug-likeness (QED) is 0.856. The van der Waals surface area contributed by atoms with Crippen LogP contribution in [0.5, 0.6) is 5.75 Å². The fraction of sp³-hybridized carbons (Fsp3) is 0.429. The van der Waals surface area contributed by atoms with E-state index in [1.165, 1.54) is 0 Å². The Hall–Kier alpha value is -2.04. The Bertz CT molecular complexity index is 439. The molecular weight excluding hydrogens is 246 g/mol. The molecule has 5 nitrogen and oxygen atoms in total. The predicted molar refractivity (Wildman–Crippen MR) is 72.4 cm³/mol.